The number of carboxylic acid groups (broad SMARTS) is 1. The topological polar surface area (TPSA) is 109 Å². The van der Waals surface area contributed by atoms with Crippen LogP contribution in [0.5, 0.6) is 11.5 Å². The number of ether oxygens (including phenoxy) is 1. The van der Waals surface area contributed by atoms with Crippen molar-refractivity contribution in [2.45, 2.75) is 6.61 Å². The van der Waals surface area contributed by atoms with Crippen molar-refractivity contribution >= 4 is 17.6 Å². The Balaban J connectivity index is 1.75. The number of para-hydroxylation sites is 1. The highest BCUT2D eigenvalue weighted by molar-refractivity contribution is 6.08. The first-order valence-corrected chi connectivity index (χ1v) is 7.66. The van der Waals surface area contributed by atoms with Crippen molar-refractivity contribution in [2.75, 3.05) is 5.32 Å². The highest BCUT2D eigenvalue weighted by Gasteiger charge is 2.19. The predicted octanol–water partition coefficient (Wildman–Crippen LogP) is 3.51. The van der Waals surface area contributed by atoms with Crippen molar-refractivity contribution in [3.8, 4) is 11.5 Å². The SMILES string of the molecule is O=C(O)c1cc(O)ccc1NC(=O)c1ccoc1COc1ccccc1. The molecule has 26 heavy (non-hydrogen) atoms. The van der Waals surface area contributed by atoms with Gasteiger partial charge in [0.25, 0.3) is 5.91 Å². The van der Waals surface area contributed by atoms with Gasteiger partial charge in [0.2, 0.25) is 0 Å². The number of phenolic OH excluding ortho intramolecular Hbond substituents is 1. The number of nitrogens with one attached hydrogen (secondary N) is 1. The van der Waals surface area contributed by atoms with Crippen molar-refractivity contribution in [2.24, 2.45) is 0 Å². The van der Waals surface area contributed by atoms with Crippen molar-refractivity contribution in [3.05, 3.63) is 77.7 Å². The monoisotopic (exact) mass is 353 g/mol. The van der Waals surface area contributed by atoms with Crippen LogP contribution in [0, 0.1) is 0 Å². The lowest BCUT2D eigenvalue weighted by molar-refractivity contribution is 0.0697. The zero-order chi connectivity index (χ0) is 18.5. The van der Waals surface area contributed by atoms with Crippen LogP contribution < -0.4 is 10.1 Å². The fraction of sp³-hybridized carbons (Fsp3) is 0.0526. The molecule has 1 heterocycles. The van der Waals surface area contributed by atoms with Gasteiger partial charge in [0.1, 0.15) is 18.1 Å². The predicted molar refractivity (Wildman–Crippen MR) is 92.5 cm³/mol. The van der Waals surface area contributed by atoms with E-state index in [4.69, 9.17) is 9.15 Å². The number of aromatic carboxylic acids is 1. The molecule has 2 aromatic carbocycles. The van der Waals surface area contributed by atoms with Crippen molar-refractivity contribution in [1.29, 1.82) is 0 Å². The van der Waals surface area contributed by atoms with Crippen LogP contribution in [0.4, 0.5) is 5.69 Å². The molecule has 0 bridgehead atoms. The van der Waals surface area contributed by atoms with E-state index in [1.165, 1.54) is 24.5 Å². The van der Waals surface area contributed by atoms with E-state index in [1.54, 1.807) is 12.1 Å². The van der Waals surface area contributed by atoms with Crippen LogP contribution in [0.2, 0.25) is 0 Å². The quantitative estimate of drug-likeness (QED) is 0.585. The number of aromatic hydroxyl groups is 1. The second-order valence-electron chi connectivity index (χ2n) is 5.35. The molecular weight excluding hydrogens is 338 g/mol. The largest absolute Gasteiger partial charge is 0.508 e. The molecular formula is C19H15NO6. The first-order chi connectivity index (χ1) is 12.5. The lowest BCUT2D eigenvalue weighted by atomic mass is 10.1. The van der Waals surface area contributed by atoms with Crippen LogP contribution in [0.3, 0.4) is 0 Å². The summed E-state index contributed by atoms with van der Waals surface area (Å²) in [7, 11) is 0. The maximum atomic E-state index is 12.5. The molecule has 1 amide bonds. The lowest BCUT2D eigenvalue weighted by Crippen LogP contribution is -2.16. The Morgan fingerprint density at radius 1 is 1.04 bits per heavy atom. The molecule has 0 unspecified atom stereocenters. The first kappa shape index (κ1) is 17.1. The molecule has 0 radical (unpaired) electrons. The molecule has 0 spiro atoms. The van der Waals surface area contributed by atoms with Crippen LogP contribution in [0.15, 0.2) is 65.3 Å². The van der Waals surface area contributed by atoms with Crippen LogP contribution in [0.25, 0.3) is 0 Å². The summed E-state index contributed by atoms with van der Waals surface area (Å²) >= 11 is 0. The van der Waals surface area contributed by atoms with Gasteiger partial charge in [-0.1, -0.05) is 18.2 Å². The van der Waals surface area contributed by atoms with Crippen LogP contribution >= 0.6 is 0 Å². The summed E-state index contributed by atoms with van der Waals surface area (Å²) in [4.78, 5) is 23.8. The molecule has 3 rings (SSSR count). The van der Waals surface area contributed by atoms with Gasteiger partial charge in [-0.15, -0.1) is 0 Å². The number of carbonyl (C=O) groups is 2. The summed E-state index contributed by atoms with van der Waals surface area (Å²) < 4.78 is 10.9. The molecule has 0 fully saturated rings. The zero-order valence-corrected chi connectivity index (χ0v) is 13.5. The molecule has 0 aliphatic rings. The van der Waals surface area contributed by atoms with E-state index >= 15 is 0 Å². The standard InChI is InChI=1S/C19H15NO6/c21-12-6-7-16(15(10-12)19(23)24)20-18(22)14-8-9-25-17(14)11-26-13-4-2-1-3-5-13/h1-10,21H,11H2,(H,20,22)(H,23,24). The van der Waals surface area contributed by atoms with Gasteiger partial charge in [0, 0.05) is 0 Å². The zero-order valence-electron chi connectivity index (χ0n) is 13.5. The van der Waals surface area contributed by atoms with E-state index in [2.05, 4.69) is 5.32 Å². The Labute approximate surface area is 148 Å². The summed E-state index contributed by atoms with van der Waals surface area (Å²) in [6.07, 6.45) is 1.35. The fourth-order valence-corrected chi connectivity index (χ4v) is 2.33. The van der Waals surface area contributed by atoms with Crippen LogP contribution in [-0.2, 0) is 6.61 Å². The molecule has 3 N–H and O–H groups in total. The second-order valence-corrected chi connectivity index (χ2v) is 5.35. The highest BCUT2D eigenvalue weighted by Crippen LogP contribution is 2.23. The summed E-state index contributed by atoms with van der Waals surface area (Å²) in [6, 6.07) is 14.2. The number of furan rings is 1. The first-order valence-electron chi connectivity index (χ1n) is 7.66. The maximum absolute atomic E-state index is 12.5. The van der Waals surface area contributed by atoms with Gasteiger partial charge in [0.05, 0.1) is 23.1 Å². The number of amides is 1. The summed E-state index contributed by atoms with van der Waals surface area (Å²) in [6.45, 7) is 0.0428. The smallest absolute Gasteiger partial charge is 0.337 e. The third-order valence-corrected chi connectivity index (χ3v) is 3.58. The van der Waals surface area contributed by atoms with Gasteiger partial charge in [-0.05, 0) is 36.4 Å². The van der Waals surface area contributed by atoms with Crippen molar-refractivity contribution in [1.82, 2.24) is 0 Å². The molecule has 0 atom stereocenters. The fourth-order valence-electron chi connectivity index (χ4n) is 2.33. The number of anilines is 1. The Kier molecular flexibility index (Phi) is 4.89. The average Bonchev–Trinajstić information content (AvgIpc) is 3.11. The lowest BCUT2D eigenvalue weighted by Gasteiger charge is -2.09. The van der Waals surface area contributed by atoms with Gasteiger partial charge in [0.15, 0.2) is 5.76 Å². The normalized spacial score (nSPS) is 10.3. The highest BCUT2D eigenvalue weighted by atomic mass is 16.5. The Hall–Kier alpha value is -3.74. The molecule has 0 saturated carbocycles. The van der Waals surface area contributed by atoms with E-state index in [0.29, 0.717) is 11.5 Å². The molecule has 1 aromatic heterocycles. The Bertz CT molecular complexity index is 932. The van der Waals surface area contributed by atoms with E-state index in [9.17, 15) is 19.8 Å². The van der Waals surface area contributed by atoms with E-state index in [-0.39, 0.29) is 29.2 Å². The van der Waals surface area contributed by atoms with Gasteiger partial charge in [-0.25, -0.2) is 4.79 Å². The molecule has 0 aliphatic carbocycles. The summed E-state index contributed by atoms with van der Waals surface area (Å²) in [5.41, 5.74) is 0.0747. The third-order valence-electron chi connectivity index (χ3n) is 3.58. The number of rotatable bonds is 6. The molecule has 7 heteroatoms. The van der Waals surface area contributed by atoms with E-state index in [0.717, 1.165) is 6.07 Å². The van der Waals surface area contributed by atoms with Crippen LogP contribution in [0.1, 0.15) is 26.5 Å². The van der Waals surface area contributed by atoms with Gasteiger partial charge < -0.3 is 24.7 Å². The second kappa shape index (κ2) is 7.43. The third kappa shape index (κ3) is 3.84. The van der Waals surface area contributed by atoms with Gasteiger partial charge in [-0.3, -0.25) is 4.79 Å². The van der Waals surface area contributed by atoms with Crippen molar-refractivity contribution in [3.63, 3.8) is 0 Å². The average molecular weight is 353 g/mol. The summed E-state index contributed by atoms with van der Waals surface area (Å²) in [5.74, 6) is -1.08. The Morgan fingerprint density at radius 2 is 1.81 bits per heavy atom. The minimum Gasteiger partial charge on any atom is -0.508 e. The number of carboxylic acids is 1. The molecule has 132 valence electrons. The number of benzene rings is 2. The van der Waals surface area contributed by atoms with E-state index < -0.39 is 11.9 Å². The van der Waals surface area contributed by atoms with Crippen molar-refractivity contribution < 1.29 is 29.0 Å². The minimum absolute atomic E-state index is 0.0428. The summed E-state index contributed by atoms with van der Waals surface area (Å²) in [5, 5.41) is 21.1. The van der Waals surface area contributed by atoms with Crippen LogP contribution in [-0.4, -0.2) is 22.1 Å². The molecule has 0 saturated heterocycles. The molecule has 0 aliphatic heterocycles. The molecule has 7 nitrogen and oxygen atoms in total. The van der Waals surface area contributed by atoms with Gasteiger partial charge >= 0.3 is 5.97 Å². The molecule has 3 aromatic rings. The number of hydrogen-bond donors (Lipinski definition) is 3. The Morgan fingerprint density at radius 3 is 2.54 bits per heavy atom. The van der Waals surface area contributed by atoms with Gasteiger partial charge in [-0.2, -0.15) is 0 Å². The number of phenols is 1. The van der Waals surface area contributed by atoms with E-state index in [1.807, 2.05) is 18.2 Å². The number of hydrogen-bond acceptors (Lipinski definition) is 5. The maximum Gasteiger partial charge on any atom is 0.337 e. The minimum atomic E-state index is -1.27. The number of carbonyl (C=O) groups excluding carboxylic acids is 1.